The third-order valence-corrected chi connectivity index (χ3v) is 5.52. The van der Waals surface area contributed by atoms with Crippen LogP contribution in [0.1, 0.15) is 62.3 Å². The third kappa shape index (κ3) is 4.78. The van der Waals surface area contributed by atoms with E-state index in [9.17, 15) is 4.79 Å². The lowest BCUT2D eigenvalue weighted by molar-refractivity contribution is -0.157. The topological polar surface area (TPSA) is 35.5 Å². The minimum atomic E-state index is -0.514. The van der Waals surface area contributed by atoms with E-state index in [1.807, 2.05) is 26.0 Å². The van der Waals surface area contributed by atoms with Crippen LogP contribution >= 0.6 is 0 Å². The number of hydrogen-bond acceptors (Lipinski definition) is 3. The summed E-state index contributed by atoms with van der Waals surface area (Å²) in [5.41, 5.74) is 3.39. The molecule has 1 aliphatic carbocycles. The van der Waals surface area contributed by atoms with Crippen LogP contribution in [0.15, 0.2) is 54.6 Å². The number of esters is 1. The largest absolute Gasteiger partial charge is 0.463 e. The molecular formula is C24H30O3. The van der Waals surface area contributed by atoms with Crippen molar-refractivity contribution in [3.63, 3.8) is 0 Å². The maximum Gasteiger partial charge on any atom is 0.311 e. The van der Waals surface area contributed by atoms with Crippen molar-refractivity contribution < 1.29 is 14.3 Å². The van der Waals surface area contributed by atoms with Crippen molar-refractivity contribution in [2.45, 2.75) is 52.1 Å². The molecule has 0 bridgehead atoms. The monoisotopic (exact) mass is 366 g/mol. The zero-order valence-corrected chi connectivity index (χ0v) is 16.6. The predicted octanol–water partition coefficient (Wildman–Crippen LogP) is 5.45. The number of carbonyl (C=O) groups excluding carboxylic acids is 1. The molecule has 0 radical (unpaired) electrons. The number of hydrogen-bond donors (Lipinski definition) is 0. The Morgan fingerprint density at radius 2 is 1.78 bits per heavy atom. The minimum Gasteiger partial charge on any atom is -0.463 e. The highest BCUT2D eigenvalue weighted by molar-refractivity contribution is 5.76. The van der Waals surface area contributed by atoms with Crippen molar-refractivity contribution >= 4 is 5.97 Å². The normalized spacial score (nSPS) is 16.9. The van der Waals surface area contributed by atoms with E-state index in [1.165, 1.54) is 16.7 Å². The van der Waals surface area contributed by atoms with Crippen molar-refractivity contribution in [2.24, 2.45) is 5.41 Å². The maximum atomic E-state index is 12.6. The third-order valence-electron chi connectivity index (χ3n) is 5.52. The molecule has 2 aromatic rings. The van der Waals surface area contributed by atoms with Crippen LogP contribution in [0.25, 0.3) is 0 Å². The SMILES string of the molecule is CCC(CC(C)(C)C(=O)OCCOC1Cc2ccccc21)c1ccccc1. The van der Waals surface area contributed by atoms with Crippen LogP contribution in [-0.4, -0.2) is 19.2 Å². The maximum absolute atomic E-state index is 12.6. The molecule has 0 amide bonds. The van der Waals surface area contributed by atoms with Gasteiger partial charge in [-0.3, -0.25) is 4.79 Å². The fourth-order valence-electron chi connectivity index (χ4n) is 3.80. The van der Waals surface area contributed by atoms with Crippen molar-refractivity contribution in [1.82, 2.24) is 0 Å². The number of benzene rings is 2. The van der Waals surface area contributed by atoms with E-state index in [2.05, 4.69) is 49.4 Å². The molecule has 0 heterocycles. The average molecular weight is 367 g/mol. The van der Waals surface area contributed by atoms with Gasteiger partial charge in [-0.25, -0.2) is 0 Å². The van der Waals surface area contributed by atoms with Gasteiger partial charge in [0.25, 0.3) is 0 Å². The Morgan fingerprint density at radius 3 is 2.48 bits per heavy atom. The first kappa shape index (κ1) is 19.6. The van der Waals surface area contributed by atoms with Gasteiger partial charge in [0, 0.05) is 6.42 Å². The van der Waals surface area contributed by atoms with Gasteiger partial charge in [0.15, 0.2) is 0 Å². The molecule has 0 aliphatic heterocycles. The lowest BCUT2D eigenvalue weighted by atomic mass is 9.79. The summed E-state index contributed by atoms with van der Waals surface area (Å²) in [6.07, 6.45) is 2.88. The van der Waals surface area contributed by atoms with E-state index in [0.29, 0.717) is 19.1 Å². The summed E-state index contributed by atoms with van der Waals surface area (Å²) in [6, 6.07) is 18.7. The summed E-state index contributed by atoms with van der Waals surface area (Å²) in [4.78, 5) is 12.6. The second kappa shape index (κ2) is 8.71. The van der Waals surface area contributed by atoms with E-state index in [1.54, 1.807) is 0 Å². The van der Waals surface area contributed by atoms with Crippen molar-refractivity contribution in [2.75, 3.05) is 13.2 Å². The Labute approximate surface area is 162 Å². The van der Waals surface area contributed by atoms with Crippen LogP contribution in [0.2, 0.25) is 0 Å². The van der Waals surface area contributed by atoms with Crippen molar-refractivity contribution in [3.8, 4) is 0 Å². The van der Waals surface area contributed by atoms with Crippen LogP contribution in [0.3, 0.4) is 0 Å². The second-order valence-electron chi connectivity index (χ2n) is 8.00. The number of fused-ring (bicyclic) bond motifs is 1. The Hall–Kier alpha value is -2.13. The molecule has 3 heteroatoms. The van der Waals surface area contributed by atoms with Gasteiger partial charge in [-0.2, -0.15) is 0 Å². The molecule has 3 rings (SSSR count). The second-order valence-corrected chi connectivity index (χ2v) is 8.00. The summed E-state index contributed by atoms with van der Waals surface area (Å²) in [5, 5.41) is 0. The van der Waals surface area contributed by atoms with E-state index >= 15 is 0 Å². The molecule has 2 atom stereocenters. The Kier molecular flexibility index (Phi) is 6.33. The minimum absolute atomic E-state index is 0.144. The van der Waals surface area contributed by atoms with Gasteiger partial charge in [-0.15, -0.1) is 0 Å². The molecule has 0 saturated carbocycles. The van der Waals surface area contributed by atoms with Crippen LogP contribution in [-0.2, 0) is 20.7 Å². The first-order valence-corrected chi connectivity index (χ1v) is 9.93. The fraction of sp³-hybridized carbons (Fsp3) is 0.458. The zero-order valence-electron chi connectivity index (χ0n) is 16.6. The first-order valence-electron chi connectivity index (χ1n) is 9.93. The number of rotatable bonds is 9. The molecule has 3 nitrogen and oxygen atoms in total. The highest BCUT2D eigenvalue weighted by atomic mass is 16.6. The van der Waals surface area contributed by atoms with Gasteiger partial charge in [0.2, 0.25) is 0 Å². The van der Waals surface area contributed by atoms with Gasteiger partial charge >= 0.3 is 5.97 Å². The summed E-state index contributed by atoms with van der Waals surface area (Å²) in [6.45, 7) is 6.87. The van der Waals surface area contributed by atoms with Gasteiger partial charge in [-0.1, -0.05) is 61.5 Å². The molecule has 0 fully saturated rings. The summed E-state index contributed by atoms with van der Waals surface area (Å²) in [7, 11) is 0. The van der Waals surface area contributed by atoms with Crippen molar-refractivity contribution in [3.05, 3.63) is 71.3 Å². The van der Waals surface area contributed by atoms with E-state index < -0.39 is 5.41 Å². The lowest BCUT2D eigenvalue weighted by Gasteiger charge is -2.30. The van der Waals surface area contributed by atoms with Gasteiger partial charge in [0.05, 0.1) is 18.1 Å². The Balaban J connectivity index is 1.44. The van der Waals surface area contributed by atoms with E-state index in [4.69, 9.17) is 9.47 Å². The summed E-state index contributed by atoms with van der Waals surface area (Å²) < 4.78 is 11.4. The van der Waals surface area contributed by atoms with Crippen LogP contribution in [0.4, 0.5) is 0 Å². The van der Waals surface area contributed by atoms with Gasteiger partial charge in [0.1, 0.15) is 6.61 Å². The molecule has 2 aromatic carbocycles. The standard InChI is InChI=1S/C24H30O3/c1-4-18(19-10-6-5-7-11-19)17-24(2,3)23(25)27-15-14-26-22-16-20-12-8-9-13-21(20)22/h5-13,18,22H,4,14-17H2,1-3H3. The quantitative estimate of drug-likeness (QED) is 0.437. The zero-order chi connectivity index (χ0) is 19.3. The molecule has 0 N–H and O–H groups in total. The average Bonchev–Trinajstić information content (AvgIpc) is 2.66. The molecule has 1 aliphatic rings. The molecular weight excluding hydrogens is 336 g/mol. The molecule has 0 aromatic heterocycles. The van der Waals surface area contributed by atoms with E-state index in [0.717, 1.165) is 19.3 Å². The summed E-state index contributed by atoms with van der Waals surface area (Å²) in [5.74, 6) is 0.214. The predicted molar refractivity (Wildman–Crippen MR) is 108 cm³/mol. The molecule has 27 heavy (non-hydrogen) atoms. The number of carbonyl (C=O) groups is 1. The highest BCUT2D eigenvalue weighted by Gasteiger charge is 2.33. The van der Waals surface area contributed by atoms with Crippen LogP contribution < -0.4 is 0 Å². The molecule has 0 spiro atoms. The van der Waals surface area contributed by atoms with Gasteiger partial charge < -0.3 is 9.47 Å². The molecule has 2 unspecified atom stereocenters. The molecule has 0 saturated heterocycles. The van der Waals surface area contributed by atoms with Crippen LogP contribution in [0, 0.1) is 5.41 Å². The van der Waals surface area contributed by atoms with E-state index in [-0.39, 0.29) is 12.1 Å². The molecule has 144 valence electrons. The fourth-order valence-corrected chi connectivity index (χ4v) is 3.80. The smallest absolute Gasteiger partial charge is 0.311 e. The Bertz CT molecular complexity index is 751. The van der Waals surface area contributed by atoms with Crippen LogP contribution in [0.5, 0.6) is 0 Å². The first-order chi connectivity index (χ1) is 13.0. The van der Waals surface area contributed by atoms with Crippen molar-refractivity contribution in [1.29, 1.82) is 0 Å². The number of ether oxygens (including phenoxy) is 2. The highest BCUT2D eigenvalue weighted by Crippen LogP contribution is 2.36. The summed E-state index contributed by atoms with van der Waals surface area (Å²) >= 11 is 0. The lowest BCUT2D eigenvalue weighted by Crippen LogP contribution is -2.30. The Morgan fingerprint density at radius 1 is 1.07 bits per heavy atom. The van der Waals surface area contributed by atoms with Gasteiger partial charge in [-0.05, 0) is 49.3 Å².